The second-order valence-corrected chi connectivity index (χ2v) is 3.76. The van der Waals surface area contributed by atoms with Gasteiger partial charge >= 0.3 is 0 Å². The first-order valence-electron chi connectivity index (χ1n) is 5.81. The van der Waals surface area contributed by atoms with Gasteiger partial charge in [0.2, 0.25) is 0 Å². The van der Waals surface area contributed by atoms with Gasteiger partial charge in [0.15, 0.2) is 0 Å². The Labute approximate surface area is 107 Å². The number of carbonyl (C=O) groups excluding carboxylic acids is 1. The molecule has 0 aliphatic carbocycles. The molecule has 0 saturated carbocycles. The Kier molecular flexibility index (Phi) is 5.40. The predicted molar refractivity (Wildman–Crippen MR) is 72.6 cm³/mol. The highest BCUT2D eigenvalue weighted by Gasteiger charge is 2.07. The molecule has 92 valence electrons. The zero-order valence-corrected chi connectivity index (χ0v) is 10.4. The maximum atomic E-state index is 11.6. The van der Waals surface area contributed by atoms with Gasteiger partial charge in [0, 0.05) is 6.54 Å². The van der Waals surface area contributed by atoms with Gasteiger partial charge in [-0.1, -0.05) is 37.3 Å². The second kappa shape index (κ2) is 7.08. The third kappa shape index (κ3) is 3.91. The van der Waals surface area contributed by atoms with Crippen molar-refractivity contribution in [1.82, 2.24) is 5.32 Å². The van der Waals surface area contributed by atoms with Crippen molar-refractivity contribution in [1.29, 1.82) is 5.26 Å². The van der Waals surface area contributed by atoms with Crippen LogP contribution >= 0.6 is 0 Å². The number of benzene rings is 1. The summed E-state index contributed by atoms with van der Waals surface area (Å²) in [6.45, 7) is 5.94. The highest BCUT2D eigenvalue weighted by Crippen LogP contribution is 2.09. The van der Waals surface area contributed by atoms with E-state index in [1.165, 1.54) is 5.56 Å². The quantitative estimate of drug-likeness (QED) is 0.488. The molecule has 0 radical (unpaired) electrons. The molecule has 0 bridgehead atoms. The normalized spacial score (nSPS) is 10.6. The summed E-state index contributed by atoms with van der Waals surface area (Å²) in [5.41, 5.74) is 2.17. The molecule has 1 aromatic rings. The number of carbonyl (C=O) groups is 1. The van der Waals surface area contributed by atoms with Crippen LogP contribution in [0.1, 0.15) is 18.1 Å². The van der Waals surface area contributed by atoms with E-state index in [1.807, 2.05) is 30.3 Å². The molecule has 0 fully saturated rings. The number of nitrogens with one attached hydrogen (secondary N) is 1. The lowest BCUT2D eigenvalue weighted by Crippen LogP contribution is -2.24. The minimum absolute atomic E-state index is 0.0982. The summed E-state index contributed by atoms with van der Waals surface area (Å²) in [6.07, 6.45) is 4.12. The highest BCUT2D eigenvalue weighted by molar-refractivity contribution is 6.01. The Morgan fingerprint density at radius 2 is 2.11 bits per heavy atom. The van der Waals surface area contributed by atoms with Gasteiger partial charge in [-0.3, -0.25) is 4.79 Å². The maximum Gasteiger partial charge on any atom is 0.262 e. The van der Waals surface area contributed by atoms with Gasteiger partial charge < -0.3 is 5.32 Å². The van der Waals surface area contributed by atoms with Gasteiger partial charge in [0.25, 0.3) is 5.91 Å². The van der Waals surface area contributed by atoms with Gasteiger partial charge in [0.1, 0.15) is 11.6 Å². The Morgan fingerprint density at radius 3 is 2.61 bits per heavy atom. The van der Waals surface area contributed by atoms with Gasteiger partial charge in [-0.05, 0) is 23.6 Å². The molecule has 0 saturated heterocycles. The monoisotopic (exact) mass is 240 g/mol. The minimum atomic E-state index is -0.378. The topological polar surface area (TPSA) is 52.9 Å². The van der Waals surface area contributed by atoms with E-state index in [2.05, 4.69) is 18.8 Å². The van der Waals surface area contributed by atoms with Crippen molar-refractivity contribution in [2.24, 2.45) is 0 Å². The first kappa shape index (κ1) is 13.7. The summed E-state index contributed by atoms with van der Waals surface area (Å²) >= 11 is 0. The highest BCUT2D eigenvalue weighted by atomic mass is 16.1. The Balaban J connectivity index is 2.86. The van der Waals surface area contributed by atoms with Gasteiger partial charge in [0.05, 0.1) is 0 Å². The van der Waals surface area contributed by atoms with Crippen LogP contribution < -0.4 is 5.32 Å². The first-order chi connectivity index (χ1) is 8.71. The van der Waals surface area contributed by atoms with Crippen molar-refractivity contribution in [3.05, 3.63) is 53.6 Å². The number of nitriles is 1. The third-order valence-corrected chi connectivity index (χ3v) is 2.47. The Bertz CT molecular complexity index is 492. The molecule has 0 atom stereocenters. The van der Waals surface area contributed by atoms with Gasteiger partial charge in [-0.15, -0.1) is 6.58 Å². The number of amides is 1. The van der Waals surface area contributed by atoms with E-state index in [-0.39, 0.29) is 11.5 Å². The minimum Gasteiger partial charge on any atom is -0.348 e. The Hall–Kier alpha value is -2.34. The average molecular weight is 240 g/mol. The van der Waals surface area contributed by atoms with E-state index in [0.29, 0.717) is 6.54 Å². The van der Waals surface area contributed by atoms with Crippen LogP contribution in [-0.4, -0.2) is 12.5 Å². The zero-order valence-electron chi connectivity index (χ0n) is 10.4. The molecule has 0 aromatic heterocycles. The van der Waals surface area contributed by atoms with Crippen molar-refractivity contribution >= 4 is 12.0 Å². The number of hydrogen-bond donors (Lipinski definition) is 1. The molecule has 3 heteroatoms. The van der Waals surface area contributed by atoms with Crippen molar-refractivity contribution in [2.75, 3.05) is 6.54 Å². The van der Waals surface area contributed by atoms with Crippen molar-refractivity contribution < 1.29 is 4.79 Å². The Morgan fingerprint density at radius 1 is 1.44 bits per heavy atom. The molecule has 18 heavy (non-hydrogen) atoms. The summed E-state index contributed by atoms with van der Waals surface area (Å²) in [4.78, 5) is 11.6. The van der Waals surface area contributed by atoms with Crippen molar-refractivity contribution in [3.8, 4) is 6.07 Å². The summed E-state index contributed by atoms with van der Waals surface area (Å²) < 4.78 is 0. The van der Waals surface area contributed by atoms with Crippen LogP contribution in [0.25, 0.3) is 6.08 Å². The number of nitrogens with zero attached hydrogens (tertiary/aromatic N) is 1. The molecule has 0 aliphatic rings. The van der Waals surface area contributed by atoms with Crippen molar-refractivity contribution in [2.45, 2.75) is 13.3 Å². The summed E-state index contributed by atoms with van der Waals surface area (Å²) in [7, 11) is 0. The van der Waals surface area contributed by atoms with Gasteiger partial charge in [-0.2, -0.15) is 5.26 Å². The molecule has 1 amide bonds. The lowest BCUT2D eigenvalue weighted by Gasteiger charge is -2.01. The van der Waals surface area contributed by atoms with Crippen LogP contribution in [0.2, 0.25) is 0 Å². The van der Waals surface area contributed by atoms with Crippen molar-refractivity contribution in [3.63, 3.8) is 0 Å². The van der Waals surface area contributed by atoms with Crippen LogP contribution in [0.3, 0.4) is 0 Å². The molecule has 0 spiro atoms. The lowest BCUT2D eigenvalue weighted by molar-refractivity contribution is -0.116. The lowest BCUT2D eigenvalue weighted by atomic mass is 10.1. The number of hydrogen-bond acceptors (Lipinski definition) is 2. The smallest absolute Gasteiger partial charge is 0.262 e. The van der Waals surface area contributed by atoms with Gasteiger partial charge in [-0.25, -0.2) is 0 Å². The van der Waals surface area contributed by atoms with E-state index >= 15 is 0 Å². The summed E-state index contributed by atoms with van der Waals surface area (Å²) in [5.74, 6) is -0.378. The second-order valence-electron chi connectivity index (χ2n) is 3.76. The van der Waals surface area contributed by atoms with E-state index in [1.54, 1.807) is 12.2 Å². The fourth-order valence-electron chi connectivity index (χ4n) is 1.42. The third-order valence-electron chi connectivity index (χ3n) is 2.47. The maximum absolute atomic E-state index is 11.6. The predicted octanol–water partition coefficient (Wildman–Crippen LogP) is 2.46. The molecule has 1 N–H and O–H groups in total. The molecule has 1 rings (SSSR count). The zero-order chi connectivity index (χ0) is 13.4. The molecule has 1 aromatic carbocycles. The number of rotatable bonds is 5. The van der Waals surface area contributed by atoms with Crippen LogP contribution in [-0.2, 0) is 11.2 Å². The summed E-state index contributed by atoms with van der Waals surface area (Å²) in [5, 5.41) is 11.5. The molecular weight excluding hydrogens is 224 g/mol. The number of aryl methyl sites for hydroxylation is 1. The molecule has 0 heterocycles. The molecule has 3 nitrogen and oxygen atoms in total. The van der Waals surface area contributed by atoms with Crippen LogP contribution in [0.15, 0.2) is 42.5 Å². The first-order valence-corrected chi connectivity index (χ1v) is 5.81. The van der Waals surface area contributed by atoms with E-state index in [4.69, 9.17) is 5.26 Å². The molecular formula is C15H16N2O. The van der Waals surface area contributed by atoms with Crippen LogP contribution in [0.4, 0.5) is 0 Å². The molecule has 0 unspecified atom stereocenters. The standard InChI is InChI=1S/C15H16N2O/c1-3-9-17-15(18)14(11-16)10-13-7-5-12(4-2)6-8-13/h3,5-8,10H,1,4,9H2,2H3,(H,17,18)/b14-10+. The van der Waals surface area contributed by atoms with Crippen LogP contribution in [0, 0.1) is 11.3 Å². The van der Waals surface area contributed by atoms with E-state index in [9.17, 15) is 4.79 Å². The molecule has 0 aliphatic heterocycles. The largest absolute Gasteiger partial charge is 0.348 e. The SMILES string of the molecule is C=CCNC(=O)/C(C#N)=C/c1ccc(CC)cc1. The fourth-order valence-corrected chi connectivity index (χ4v) is 1.42. The van der Waals surface area contributed by atoms with Crippen LogP contribution in [0.5, 0.6) is 0 Å². The average Bonchev–Trinajstić information content (AvgIpc) is 2.42. The fraction of sp³-hybridized carbons (Fsp3) is 0.200. The van der Waals surface area contributed by atoms with E-state index < -0.39 is 0 Å². The summed E-state index contributed by atoms with van der Waals surface area (Å²) in [6, 6.07) is 9.68. The van der Waals surface area contributed by atoms with E-state index in [0.717, 1.165) is 12.0 Å².